The Balaban J connectivity index is 1.67. The molecule has 3 rings (SSSR count). The van der Waals surface area contributed by atoms with Crippen molar-refractivity contribution in [2.75, 3.05) is 10.0 Å². The van der Waals surface area contributed by atoms with Crippen LogP contribution in [0.5, 0.6) is 0 Å². The Kier molecular flexibility index (Phi) is 6.05. The van der Waals surface area contributed by atoms with E-state index < -0.39 is 10.0 Å². The number of hydrogen-bond acceptors (Lipinski definition) is 5. The lowest BCUT2D eigenvalue weighted by atomic mass is 10.2. The lowest BCUT2D eigenvalue weighted by molar-refractivity contribution is -0.111. The van der Waals surface area contributed by atoms with Gasteiger partial charge in [-0.15, -0.1) is 0 Å². The predicted molar refractivity (Wildman–Crippen MR) is 112 cm³/mol. The number of halogens is 1. The van der Waals surface area contributed by atoms with E-state index in [1.165, 1.54) is 30.3 Å². The molecule has 150 valence electrons. The highest BCUT2D eigenvalue weighted by molar-refractivity contribution is 7.92. The smallest absolute Gasteiger partial charge is 0.264 e. The zero-order valence-electron chi connectivity index (χ0n) is 15.6. The molecule has 0 spiro atoms. The van der Waals surface area contributed by atoms with Crippen molar-refractivity contribution in [3.63, 3.8) is 0 Å². The third-order valence-corrected chi connectivity index (χ3v) is 5.83. The maximum absolute atomic E-state index is 12.5. The first kappa shape index (κ1) is 20.6. The van der Waals surface area contributed by atoms with Gasteiger partial charge in [0, 0.05) is 22.3 Å². The first-order chi connectivity index (χ1) is 13.8. The van der Waals surface area contributed by atoms with Gasteiger partial charge in [-0.25, -0.2) is 13.1 Å². The Labute approximate surface area is 173 Å². The fourth-order valence-corrected chi connectivity index (χ4v) is 3.61. The van der Waals surface area contributed by atoms with Crippen molar-refractivity contribution in [2.24, 2.45) is 0 Å². The van der Waals surface area contributed by atoms with E-state index >= 15 is 0 Å². The minimum Gasteiger partial charge on any atom is -0.337 e. The van der Waals surface area contributed by atoms with Crippen molar-refractivity contribution in [1.29, 1.82) is 0 Å². The summed E-state index contributed by atoms with van der Waals surface area (Å²) >= 11 is 6.04. The number of nitrogens with one attached hydrogen (secondary N) is 2. The van der Waals surface area contributed by atoms with Crippen LogP contribution < -0.4 is 10.0 Å². The average molecular weight is 432 g/mol. The molecule has 2 aromatic carbocycles. The van der Waals surface area contributed by atoms with Crippen LogP contribution in [0.3, 0.4) is 0 Å². The molecule has 0 aliphatic carbocycles. The van der Waals surface area contributed by atoms with Crippen LogP contribution in [-0.4, -0.2) is 19.5 Å². The molecule has 0 radical (unpaired) electrons. The number of aromatic nitrogens is 1. The number of rotatable bonds is 6. The van der Waals surface area contributed by atoms with Crippen molar-refractivity contribution < 1.29 is 17.7 Å². The molecule has 3 aromatic rings. The predicted octanol–water partition coefficient (Wildman–Crippen LogP) is 4.40. The number of carbonyl (C=O) groups is 1. The zero-order chi connectivity index (χ0) is 21.0. The monoisotopic (exact) mass is 431 g/mol. The summed E-state index contributed by atoms with van der Waals surface area (Å²) in [5, 5.41) is 6.92. The third-order valence-electron chi connectivity index (χ3n) is 4.14. The molecule has 1 aromatic heterocycles. The lowest BCUT2D eigenvalue weighted by Crippen LogP contribution is -2.13. The van der Waals surface area contributed by atoms with Gasteiger partial charge in [-0.3, -0.25) is 4.79 Å². The number of carbonyl (C=O) groups excluding carboxylic acids is 1. The summed E-state index contributed by atoms with van der Waals surface area (Å²) in [6, 6.07) is 12.9. The summed E-state index contributed by atoms with van der Waals surface area (Å²) < 4.78 is 32.3. The van der Waals surface area contributed by atoms with Crippen molar-refractivity contribution in [1.82, 2.24) is 5.16 Å². The van der Waals surface area contributed by atoms with Crippen LogP contribution in [0.15, 0.2) is 64.0 Å². The Morgan fingerprint density at radius 2 is 1.79 bits per heavy atom. The van der Waals surface area contributed by atoms with Crippen LogP contribution in [0.1, 0.15) is 16.8 Å². The first-order valence-electron chi connectivity index (χ1n) is 8.55. The van der Waals surface area contributed by atoms with Gasteiger partial charge in [0.1, 0.15) is 0 Å². The fourth-order valence-electron chi connectivity index (χ4n) is 2.37. The highest BCUT2D eigenvalue weighted by atomic mass is 35.5. The third kappa shape index (κ3) is 5.04. The molecule has 0 aliphatic heterocycles. The highest BCUT2D eigenvalue weighted by Gasteiger charge is 2.19. The van der Waals surface area contributed by atoms with Gasteiger partial charge < -0.3 is 9.84 Å². The van der Waals surface area contributed by atoms with E-state index in [-0.39, 0.29) is 16.7 Å². The molecule has 0 fully saturated rings. The Hall–Kier alpha value is -3.10. The van der Waals surface area contributed by atoms with Crippen molar-refractivity contribution >= 4 is 45.2 Å². The topological polar surface area (TPSA) is 101 Å². The van der Waals surface area contributed by atoms with Gasteiger partial charge in [-0.1, -0.05) is 35.0 Å². The van der Waals surface area contributed by atoms with Gasteiger partial charge in [-0.2, -0.15) is 0 Å². The van der Waals surface area contributed by atoms with Gasteiger partial charge in [0.2, 0.25) is 11.8 Å². The maximum Gasteiger partial charge on any atom is 0.264 e. The number of nitrogens with zero attached hydrogens (tertiary/aromatic N) is 1. The molecule has 0 bridgehead atoms. The maximum atomic E-state index is 12.5. The minimum atomic E-state index is -3.84. The van der Waals surface area contributed by atoms with Gasteiger partial charge in [0.15, 0.2) is 0 Å². The SMILES string of the molecule is Cc1noc(NS(=O)(=O)c2ccc(NC(=O)/C=C/c3ccccc3Cl)cc2)c1C. The van der Waals surface area contributed by atoms with Gasteiger partial charge in [-0.05, 0) is 55.8 Å². The van der Waals surface area contributed by atoms with Gasteiger partial charge in [0.25, 0.3) is 10.0 Å². The molecule has 1 amide bonds. The minimum absolute atomic E-state index is 0.0237. The van der Waals surface area contributed by atoms with Crippen LogP contribution >= 0.6 is 11.6 Å². The molecule has 0 aliphatic rings. The summed E-state index contributed by atoms with van der Waals surface area (Å²) in [7, 11) is -3.84. The van der Waals surface area contributed by atoms with Gasteiger partial charge in [0.05, 0.1) is 10.6 Å². The quantitative estimate of drug-likeness (QED) is 0.563. The van der Waals surface area contributed by atoms with Crippen molar-refractivity contribution in [2.45, 2.75) is 18.7 Å². The van der Waals surface area contributed by atoms with Crippen LogP contribution in [0, 0.1) is 13.8 Å². The van der Waals surface area contributed by atoms with E-state index in [4.69, 9.17) is 16.1 Å². The van der Waals surface area contributed by atoms with Crippen LogP contribution in [0.4, 0.5) is 11.6 Å². The average Bonchev–Trinajstić information content (AvgIpc) is 2.99. The lowest BCUT2D eigenvalue weighted by Gasteiger charge is -2.07. The Morgan fingerprint density at radius 3 is 2.41 bits per heavy atom. The van der Waals surface area contributed by atoms with Crippen molar-refractivity contribution in [3.8, 4) is 0 Å². The second-order valence-corrected chi connectivity index (χ2v) is 8.29. The van der Waals surface area contributed by atoms with Crippen LogP contribution in [0.2, 0.25) is 5.02 Å². The number of benzene rings is 2. The van der Waals surface area contributed by atoms with E-state index in [9.17, 15) is 13.2 Å². The number of hydrogen-bond donors (Lipinski definition) is 2. The number of sulfonamides is 1. The summed E-state index contributed by atoms with van der Waals surface area (Å²) in [5.41, 5.74) is 2.38. The van der Waals surface area contributed by atoms with Crippen LogP contribution in [-0.2, 0) is 14.8 Å². The summed E-state index contributed by atoms with van der Waals surface area (Å²) in [6.45, 7) is 3.42. The second-order valence-electron chi connectivity index (χ2n) is 6.20. The summed E-state index contributed by atoms with van der Waals surface area (Å²) in [5.74, 6) is -0.295. The molecular weight excluding hydrogens is 414 g/mol. The zero-order valence-corrected chi connectivity index (χ0v) is 17.2. The summed E-state index contributed by atoms with van der Waals surface area (Å²) in [4.78, 5) is 12.1. The summed E-state index contributed by atoms with van der Waals surface area (Å²) in [6.07, 6.45) is 2.95. The second kappa shape index (κ2) is 8.50. The van der Waals surface area contributed by atoms with Crippen LogP contribution in [0.25, 0.3) is 6.08 Å². The standard InChI is InChI=1S/C20H18ClN3O4S/c1-13-14(2)23-28-20(13)24-29(26,27)17-10-8-16(9-11-17)22-19(25)12-7-15-5-3-4-6-18(15)21/h3-12,24H,1-2H3,(H,22,25)/b12-7+. The number of anilines is 2. The molecule has 0 saturated heterocycles. The van der Waals surface area contributed by atoms with E-state index in [1.807, 2.05) is 6.07 Å². The highest BCUT2D eigenvalue weighted by Crippen LogP contribution is 2.22. The van der Waals surface area contributed by atoms with E-state index in [0.29, 0.717) is 22.0 Å². The molecule has 7 nitrogen and oxygen atoms in total. The fraction of sp³-hybridized carbons (Fsp3) is 0.100. The first-order valence-corrected chi connectivity index (χ1v) is 10.4. The molecule has 1 heterocycles. The normalized spacial score (nSPS) is 11.6. The Morgan fingerprint density at radius 1 is 1.10 bits per heavy atom. The van der Waals surface area contributed by atoms with E-state index in [2.05, 4.69) is 15.2 Å². The number of amides is 1. The molecule has 0 atom stereocenters. The van der Waals surface area contributed by atoms with E-state index in [1.54, 1.807) is 38.1 Å². The molecule has 29 heavy (non-hydrogen) atoms. The molecule has 9 heteroatoms. The van der Waals surface area contributed by atoms with E-state index in [0.717, 1.165) is 5.56 Å². The van der Waals surface area contributed by atoms with Crippen molar-refractivity contribution in [3.05, 3.63) is 76.5 Å². The molecule has 2 N–H and O–H groups in total. The Bertz CT molecular complexity index is 1170. The molecule has 0 saturated carbocycles. The number of aryl methyl sites for hydroxylation is 1. The molecular formula is C20H18ClN3O4S. The van der Waals surface area contributed by atoms with Gasteiger partial charge >= 0.3 is 0 Å². The largest absolute Gasteiger partial charge is 0.337 e. The molecule has 0 unspecified atom stereocenters.